The van der Waals surface area contributed by atoms with Gasteiger partial charge in [0.2, 0.25) is 11.8 Å². The van der Waals surface area contributed by atoms with Crippen LogP contribution in [0.25, 0.3) is 0 Å². The fourth-order valence-electron chi connectivity index (χ4n) is 1.35. The Labute approximate surface area is 89.4 Å². The van der Waals surface area contributed by atoms with Crippen LogP contribution in [0.4, 0.5) is 0 Å². The van der Waals surface area contributed by atoms with Crippen molar-refractivity contribution in [1.29, 1.82) is 0 Å². The molecular formula is C10H15N3O2. The number of rotatable bonds is 3. The number of carbonyl (C=O) groups excluding carboxylic acids is 2. The second-order valence-electron chi connectivity index (χ2n) is 3.51. The summed E-state index contributed by atoms with van der Waals surface area (Å²) in [5, 5.41) is 2.56. The first-order valence-electron chi connectivity index (χ1n) is 4.80. The van der Waals surface area contributed by atoms with Gasteiger partial charge in [-0.3, -0.25) is 14.5 Å². The molecule has 1 rings (SSSR count). The van der Waals surface area contributed by atoms with Gasteiger partial charge in [-0.1, -0.05) is 5.92 Å². The molecule has 1 fully saturated rings. The van der Waals surface area contributed by atoms with Crippen molar-refractivity contribution in [3.63, 3.8) is 0 Å². The fraction of sp³-hybridized carbons (Fsp3) is 0.600. The Bertz CT molecular complexity index is 296. The quantitative estimate of drug-likeness (QED) is 0.576. The van der Waals surface area contributed by atoms with Crippen LogP contribution in [-0.4, -0.2) is 61.4 Å². The topological polar surface area (TPSA) is 52.7 Å². The van der Waals surface area contributed by atoms with E-state index in [-0.39, 0.29) is 24.9 Å². The number of piperazine rings is 1. The Kier molecular flexibility index (Phi) is 4.13. The third kappa shape index (κ3) is 3.60. The molecule has 5 heteroatoms. The fourth-order valence-corrected chi connectivity index (χ4v) is 1.35. The minimum Gasteiger partial charge on any atom is -0.344 e. The van der Waals surface area contributed by atoms with E-state index < -0.39 is 0 Å². The van der Waals surface area contributed by atoms with Gasteiger partial charge in [-0.25, -0.2) is 0 Å². The average Bonchev–Trinajstić information content (AvgIpc) is 2.20. The first-order chi connectivity index (χ1) is 7.13. The lowest BCUT2D eigenvalue weighted by atomic mass is 10.3. The molecule has 82 valence electrons. The van der Waals surface area contributed by atoms with E-state index in [1.54, 1.807) is 11.9 Å². The standard InChI is InChI=1S/C10H15N3O2/c1-3-4-11-9(14)7-13-6-5-12(2)10(15)8-13/h1H,4-8H2,2H3,(H,11,14). The van der Waals surface area contributed by atoms with Gasteiger partial charge in [-0.2, -0.15) is 0 Å². The Morgan fingerprint density at radius 3 is 2.93 bits per heavy atom. The predicted octanol–water partition coefficient (Wildman–Crippen LogP) is -1.49. The first kappa shape index (κ1) is 11.5. The number of likely N-dealkylation sites (N-methyl/N-ethyl adjacent to an activating group) is 1. The largest absolute Gasteiger partial charge is 0.344 e. The second-order valence-corrected chi connectivity index (χ2v) is 3.51. The molecule has 1 heterocycles. The van der Waals surface area contributed by atoms with Crippen molar-refractivity contribution < 1.29 is 9.59 Å². The van der Waals surface area contributed by atoms with Crippen LogP contribution in [0.2, 0.25) is 0 Å². The van der Waals surface area contributed by atoms with Gasteiger partial charge in [0, 0.05) is 20.1 Å². The summed E-state index contributed by atoms with van der Waals surface area (Å²) in [7, 11) is 1.76. The van der Waals surface area contributed by atoms with Crippen LogP contribution in [0.3, 0.4) is 0 Å². The van der Waals surface area contributed by atoms with Gasteiger partial charge in [0.1, 0.15) is 0 Å². The van der Waals surface area contributed by atoms with Crippen molar-refractivity contribution in [3.8, 4) is 12.3 Å². The minimum absolute atomic E-state index is 0.0472. The molecule has 0 bridgehead atoms. The average molecular weight is 209 g/mol. The van der Waals surface area contributed by atoms with Crippen LogP contribution in [0.15, 0.2) is 0 Å². The monoisotopic (exact) mass is 209 g/mol. The van der Waals surface area contributed by atoms with Gasteiger partial charge in [0.05, 0.1) is 19.6 Å². The number of carbonyl (C=O) groups is 2. The van der Waals surface area contributed by atoms with E-state index in [1.807, 2.05) is 4.90 Å². The summed E-state index contributed by atoms with van der Waals surface area (Å²) in [6, 6.07) is 0. The molecule has 0 radical (unpaired) electrons. The van der Waals surface area contributed by atoms with E-state index >= 15 is 0 Å². The zero-order valence-corrected chi connectivity index (χ0v) is 8.82. The third-order valence-corrected chi connectivity index (χ3v) is 2.29. The van der Waals surface area contributed by atoms with Crippen LogP contribution in [0.1, 0.15) is 0 Å². The predicted molar refractivity (Wildman–Crippen MR) is 55.9 cm³/mol. The summed E-state index contributed by atoms with van der Waals surface area (Å²) in [5.41, 5.74) is 0. The summed E-state index contributed by atoms with van der Waals surface area (Å²) < 4.78 is 0. The van der Waals surface area contributed by atoms with Crippen molar-refractivity contribution in [2.75, 3.05) is 39.8 Å². The maximum Gasteiger partial charge on any atom is 0.236 e. The van der Waals surface area contributed by atoms with Crippen LogP contribution < -0.4 is 5.32 Å². The van der Waals surface area contributed by atoms with Crippen molar-refractivity contribution in [3.05, 3.63) is 0 Å². The summed E-state index contributed by atoms with van der Waals surface area (Å²) in [6.45, 7) is 2.18. The molecule has 5 nitrogen and oxygen atoms in total. The molecule has 1 aliphatic heterocycles. The van der Waals surface area contributed by atoms with Crippen LogP contribution >= 0.6 is 0 Å². The van der Waals surface area contributed by atoms with Crippen molar-refractivity contribution in [2.24, 2.45) is 0 Å². The van der Waals surface area contributed by atoms with E-state index in [4.69, 9.17) is 6.42 Å². The van der Waals surface area contributed by atoms with Crippen molar-refractivity contribution in [2.45, 2.75) is 0 Å². The molecular weight excluding hydrogens is 194 g/mol. The number of amides is 2. The Morgan fingerprint density at radius 1 is 1.60 bits per heavy atom. The number of terminal acetylenes is 1. The lowest BCUT2D eigenvalue weighted by Gasteiger charge is -2.31. The van der Waals surface area contributed by atoms with Gasteiger partial charge < -0.3 is 10.2 Å². The first-order valence-corrected chi connectivity index (χ1v) is 4.80. The Balaban J connectivity index is 2.31. The molecule has 1 saturated heterocycles. The van der Waals surface area contributed by atoms with Crippen LogP contribution in [0, 0.1) is 12.3 Å². The number of hydrogen-bond donors (Lipinski definition) is 1. The molecule has 0 unspecified atom stereocenters. The molecule has 0 aromatic carbocycles. The molecule has 2 amide bonds. The van der Waals surface area contributed by atoms with E-state index in [0.29, 0.717) is 13.1 Å². The van der Waals surface area contributed by atoms with E-state index in [1.165, 1.54) is 0 Å². The van der Waals surface area contributed by atoms with Crippen molar-refractivity contribution >= 4 is 11.8 Å². The van der Waals surface area contributed by atoms with E-state index in [9.17, 15) is 9.59 Å². The van der Waals surface area contributed by atoms with Crippen molar-refractivity contribution in [1.82, 2.24) is 15.1 Å². The zero-order valence-electron chi connectivity index (χ0n) is 8.82. The molecule has 0 atom stereocenters. The molecule has 0 aromatic heterocycles. The molecule has 15 heavy (non-hydrogen) atoms. The molecule has 1 N–H and O–H groups in total. The molecule has 0 spiro atoms. The summed E-state index contributed by atoms with van der Waals surface area (Å²) in [6.07, 6.45) is 5.01. The Hall–Kier alpha value is -1.54. The summed E-state index contributed by atoms with van der Waals surface area (Å²) >= 11 is 0. The highest BCUT2D eigenvalue weighted by atomic mass is 16.2. The van der Waals surface area contributed by atoms with Gasteiger partial charge in [0.25, 0.3) is 0 Å². The molecule has 0 aliphatic carbocycles. The van der Waals surface area contributed by atoms with Gasteiger partial charge >= 0.3 is 0 Å². The molecule has 0 saturated carbocycles. The van der Waals surface area contributed by atoms with Gasteiger partial charge in [0.15, 0.2) is 0 Å². The summed E-state index contributed by atoms with van der Waals surface area (Å²) in [5.74, 6) is 2.24. The minimum atomic E-state index is -0.134. The number of hydrogen-bond acceptors (Lipinski definition) is 3. The zero-order chi connectivity index (χ0) is 11.3. The lowest BCUT2D eigenvalue weighted by molar-refractivity contribution is -0.135. The number of nitrogens with zero attached hydrogens (tertiary/aromatic N) is 2. The van der Waals surface area contributed by atoms with Gasteiger partial charge in [-0.05, 0) is 0 Å². The smallest absolute Gasteiger partial charge is 0.236 e. The second kappa shape index (κ2) is 5.37. The third-order valence-electron chi connectivity index (χ3n) is 2.29. The number of nitrogens with one attached hydrogen (secondary N) is 1. The maximum atomic E-state index is 11.3. The van der Waals surface area contributed by atoms with Crippen LogP contribution in [-0.2, 0) is 9.59 Å². The SMILES string of the molecule is C#CCNC(=O)CN1CCN(C)C(=O)C1. The normalized spacial score (nSPS) is 17.3. The lowest BCUT2D eigenvalue weighted by Crippen LogP contribution is -2.51. The highest BCUT2D eigenvalue weighted by Crippen LogP contribution is 1.99. The van der Waals surface area contributed by atoms with Crippen LogP contribution in [0.5, 0.6) is 0 Å². The van der Waals surface area contributed by atoms with Gasteiger partial charge in [-0.15, -0.1) is 6.42 Å². The Morgan fingerprint density at radius 2 is 2.33 bits per heavy atom. The van der Waals surface area contributed by atoms with E-state index in [0.717, 1.165) is 6.54 Å². The highest BCUT2D eigenvalue weighted by molar-refractivity contribution is 5.81. The molecule has 1 aliphatic rings. The molecule has 0 aromatic rings. The van der Waals surface area contributed by atoms with E-state index in [2.05, 4.69) is 11.2 Å². The maximum absolute atomic E-state index is 11.3. The highest BCUT2D eigenvalue weighted by Gasteiger charge is 2.22. The summed E-state index contributed by atoms with van der Waals surface area (Å²) in [4.78, 5) is 26.1.